The van der Waals surface area contributed by atoms with Crippen LogP contribution < -0.4 is 0 Å². The third-order valence-electron chi connectivity index (χ3n) is 1.80. The van der Waals surface area contributed by atoms with Gasteiger partial charge in [-0.25, -0.2) is 4.98 Å². The predicted molar refractivity (Wildman–Crippen MR) is 47.0 cm³/mol. The first-order chi connectivity index (χ1) is 6.38. The summed E-state index contributed by atoms with van der Waals surface area (Å²) in [5.74, 6) is 0.325. The van der Waals surface area contributed by atoms with E-state index in [4.69, 9.17) is 4.42 Å². The summed E-state index contributed by atoms with van der Waals surface area (Å²) in [5.41, 5.74) is 0.782. The molecule has 2 aromatic rings. The van der Waals surface area contributed by atoms with E-state index in [1.165, 1.54) is 12.5 Å². The molecule has 1 heterocycles. The van der Waals surface area contributed by atoms with Crippen molar-refractivity contribution < 1.29 is 9.52 Å². The summed E-state index contributed by atoms with van der Waals surface area (Å²) >= 11 is 0. The van der Waals surface area contributed by atoms with E-state index in [1.807, 2.05) is 30.3 Å². The normalized spacial score (nSPS) is 12.7. The quantitative estimate of drug-likeness (QED) is 0.756. The van der Waals surface area contributed by atoms with Crippen molar-refractivity contribution in [2.45, 2.75) is 6.10 Å². The number of oxazole rings is 1. The highest BCUT2D eigenvalue weighted by Gasteiger charge is 2.13. The maximum atomic E-state index is 9.72. The second-order valence-electron chi connectivity index (χ2n) is 2.68. The molecule has 0 spiro atoms. The van der Waals surface area contributed by atoms with E-state index in [9.17, 15) is 5.11 Å². The minimum absolute atomic E-state index is 0.325. The Balaban J connectivity index is 2.29. The first kappa shape index (κ1) is 8.01. The molecule has 1 aromatic carbocycles. The lowest BCUT2D eigenvalue weighted by Crippen LogP contribution is -1.98. The van der Waals surface area contributed by atoms with E-state index in [0.717, 1.165) is 5.56 Å². The van der Waals surface area contributed by atoms with Crippen LogP contribution in [0.15, 0.2) is 47.2 Å². The van der Waals surface area contributed by atoms with Gasteiger partial charge in [0.05, 0.1) is 6.20 Å². The van der Waals surface area contributed by atoms with Crippen LogP contribution in [0.1, 0.15) is 17.6 Å². The van der Waals surface area contributed by atoms with E-state index >= 15 is 0 Å². The van der Waals surface area contributed by atoms with Gasteiger partial charge in [0, 0.05) is 0 Å². The highest BCUT2D eigenvalue weighted by atomic mass is 16.4. The van der Waals surface area contributed by atoms with Crippen molar-refractivity contribution >= 4 is 0 Å². The Morgan fingerprint density at radius 3 is 2.62 bits per heavy atom. The second kappa shape index (κ2) is 3.41. The molecular weight excluding hydrogens is 166 g/mol. The molecule has 1 N–H and O–H groups in total. The van der Waals surface area contributed by atoms with E-state index < -0.39 is 6.10 Å². The van der Waals surface area contributed by atoms with E-state index in [0.29, 0.717) is 5.89 Å². The number of hydrogen-bond acceptors (Lipinski definition) is 3. The lowest BCUT2D eigenvalue weighted by atomic mass is 10.1. The molecule has 66 valence electrons. The summed E-state index contributed by atoms with van der Waals surface area (Å²) in [6.07, 6.45) is 2.19. The second-order valence-corrected chi connectivity index (χ2v) is 2.68. The summed E-state index contributed by atoms with van der Waals surface area (Å²) in [6.45, 7) is 0. The molecule has 0 saturated carbocycles. The third kappa shape index (κ3) is 1.60. The van der Waals surface area contributed by atoms with Crippen molar-refractivity contribution in [3.05, 3.63) is 54.2 Å². The molecule has 2 rings (SSSR count). The maximum Gasteiger partial charge on any atom is 0.227 e. The van der Waals surface area contributed by atoms with Crippen LogP contribution in [0.2, 0.25) is 0 Å². The zero-order chi connectivity index (χ0) is 9.10. The molecule has 0 saturated heterocycles. The summed E-state index contributed by atoms with van der Waals surface area (Å²) in [6, 6.07) is 9.28. The Labute approximate surface area is 75.7 Å². The van der Waals surface area contributed by atoms with Crippen LogP contribution in [0.3, 0.4) is 0 Å². The van der Waals surface area contributed by atoms with Gasteiger partial charge in [-0.3, -0.25) is 0 Å². The Morgan fingerprint density at radius 2 is 2.00 bits per heavy atom. The maximum absolute atomic E-state index is 9.72. The average molecular weight is 175 g/mol. The molecule has 1 atom stereocenters. The number of rotatable bonds is 2. The van der Waals surface area contributed by atoms with Gasteiger partial charge in [0.1, 0.15) is 6.26 Å². The lowest BCUT2D eigenvalue weighted by molar-refractivity contribution is 0.182. The van der Waals surface area contributed by atoms with Crippen molar-refractivity contribution in [3.8, 4) is 0 Å². The van der Waals surface area contributed by atoms with Crippen molar-refractivity contribution in [1.29, 1.82) is 0 Å². The lowest BCUT2D eigenvalue weighted by Gasteiger charge is -2.05. The molecule has 0 aliphatic carbocycles. The Morgan fingerprint density at radius 1 is 1.23 bits per heavy atom. The van der Waals surface area contributed by atoms with Gasteiger partial charge >= 0.3 is 0 Å². The average Bonchev–Trinajstić information content (AvgIpc) is 2.71. The van der Waals surface area contributed by atoms with E-state index in [-0.39, 0.29) is 0 Å². The van der Waals surface area contributed by atoms with Gasteiger partial charge in [0.2, 0.25) is 5.89 Å². The number of aliphatic hydroxyl groups excluding tert-OH is 1. The zero-order valence-corrected chi connectivity index (χ0v) is 6.92. The number of hydrogen-bond donors (Lipinski definition) is 1. The molecule has 0 fully saturated rings. The monoisotopic (exact) mass is 175 g/mol. The highest BCUT2D eigenvalue weighted by molar-refractivity contribution is 5.21. The molecule has 0 unspecified atom stereocenters. The largest absolute Gasteiger partial charge is 0.446 e. The topological polar surface area (TPSA) is 46.3 Å². The zero-order valence-electron chi connectivity index (χ0n) is 6.92. The van der Waals surface area contributed by atoms with Crippen molar-refractivity contribution in [1.82, 2.24) is 4.98 Å². The summed E-state index contributed by atoms with van der Waals surface area (Å²) in [5, 5.41) is 9.72. The Bertz CT molecular complexity index is 356. The van der Waals surface area contributed by atoms with Gasteiger partial charge in [-0.1, -0.05) is 30.3 Å². The fourth-order valence-electron chi connectivity index (χ4n) is 1.15. The Kier molecular flexibility index (Phi) is 2.10. The minimum Gasteiger partial charge on any atom is -0.446 e. The summed E-state index contributed by atoms with van der Waals surface area (Å²) in [4.78, 5) is 3.88. The molecule has 0 aliphatic heterocycles. The first-order valence-corrected chi connectivity index (χ1v) is 4.00. The fraction of sp³-hybridized carbons (Fsp3) is 0.100. The smallest absolute Gasteiger partial charge is 0.227 e. The molecule has 0 aliphatic rings. The van der Waals surface area contributed by atoms with Crippen molar-refractivity contribution in [3.63, 3.8) is 0 Å². The van der Waals surface area contributed by atoms with Gasteiger partial charge in [-0.2, -0.15) is 0 Å². The number of aliphatic hydroxyl groups is 1. The fourth-order valence-corrected chi connectivity index (χ4v) is 1.15. The Hall–Kier alpha value is -1.61. The number of nitrogens with zero attached hydrogens (tertiary/aromatic N) is 1. The van der Waals surface area contributed by atoms with Crippen molar-refractivity contribution in [2.75, 3.05) is 0 Å². The molecule has 0 amide bonds. The number of aromatic nitrogens is 1. The van der Waals surface area contributed by atoms with Crippen molar-refractivity contribution in [2.24, 2.45) is 0 Å². The standard InChI is InChI=1S/C10H9NO2/c12-9(10-11-6-7-13-10)8-4-2-1-3-5-8/h1-7,9,12H/t9-/m0/s1. The van der Waals surface area contributed by atoms with Crippen LogP contribution in [0, 0.1) is 0 Å². The van der Waals surface area contributed by atoms with Gasteiger partial charge in [0.25, 0.3) is 0 Å². The van der Waals surface area contributed by atoms with Gasteiger partial charge in [-0.15, -0.1) is 0 Å². The minimum atomic E-state index is -0.767. The van der Waals surface area contributed by atoms with Crippen LogP contribution in [0.4, 0.5) is 0 Å². The van der Waals surface area contributed by atoms with Crippen LogP contribution >= 0.6 is 0 Å². The molecule has 3 heteroatoms. The molecular formula is C10H9NO2. The molecule has 13 heavy (non-hydrogen) atoms. The first-order valence-electron chi connectivity index (χ1n) is 4.00. The molecule has 1 aromatic heterocycles. The van der Waals surface area contributed by atoms with Gasteiger partial charge in [0.15, 0.2) is 6.10 Å². The predicted octanol–water partition coefficient (Wildman–Crippen LogP) is 1.76. The molecule has 3 nitrogen and oxygen atoms in total. The van der Waals surface area contributed by atoms with Crippen LogP contribution in [0.25, 0.3) is 0 Å². The van der Waals surface area contributed by atoms with E-state index in [1.54, 1.807) is 0 Å². The SMILES string of the molecule is O[C@@H](c1ccccc1)c1ncco1. The summed E-state index contributed by atoms with van der Waals surface area (Å²) in [7, 11) is 0. The molecule has 0 bridgehead atoms. The van der Waals surface area contributed by atoms with Crippen LogP contribution in [0.5, 0.6) is 0 Å². The summed E-state index contributed by atoms with van der Waals surface area (Å²) < 4.78 is 4.99. The third-order valence-corrected chi connectivity index (χ3v) is 1.80. The van der Waals surface area contributed by atoms with Crippen LogP contribution in [-0.2, 0) is 0 Å². The molecule has 0 radical (unpaired) electrons. The van der Waals surface area contributed by atoms with Gasteiger partial charge < -0.3 is 9.52 Å². The van der Waals surface area contributed by atoms with Gasteiger partial charge in [-0.05, 0) is 5.56 Å². The van der Waals surface area contributed by atoms with E-state index in [2.05, 4.69) is 4.98 Å². The highest BCUT2D eigenvalue weighted by Crippen LogP contribution is 2.19. The number of benzene rings is 1. The van der Waals surface area contributed by atoms with Crippen LogP contribution in [-0.4, -0.2) is 10.1 Å².